The summed E-state index contributed by atoms with van der Waals surface area (Å²) in [5, 5.41) is 9.23. The number of nitrogens with two attached hydrogens (primary N) is 1. The van der Waals surface area contributed by atoms with Gasteiger partial charge in [0.2, 0.25) is 0 Å². The van der Waals surface area contributed by atoms with Gasteiger partial charge < -0.3 is 19.9 Å². The van der Waals surface area contributed by atoms with Gasteiger partial charge in [-0.25, -0.2) is 4.79 Å². The quantitative estimate of drug-likeness (QED) is 0.879. The van der Waals surface area contributed by atoms with E-state index in [0.29, 0.717) is 0 Å². The van der Waals surface area contributed by atoms with E-state index in [0.717, 1.165) is 37.3 Å². The third-order valence-electron chi connectivity index (χ3n) is 4.13. The van der Waals surface area contributed by atoms with Crippen LogP contribution in [0.5, 0.6) is 0 Å². The van der Waals surface area contributed by atoms with Crippen molar-refractivity contribution in [2.24, 2.45) is 0 Å². The van der Waals surface area contributed by atoms with Gasteiger partial charge in [-0.05, 0) is 25.0 Å². The summed E-state index contributed by atoms with van der Waals surface area (Å²) in [5.74, 6) is -0.555. The first-order valence-electron chi connectivity index (χ1n) is 7.51. The molecule has 2 N–H and O–H groups in total. The number of carbonyl (C=O) groups excluding carboxylic acids is 1. The number of hydrogen-bond donors (Lipinski definition) is 1. The highest BCUT2D eigenvalue weighted by Gasteiger charge is 2.24. The summed E-state index contributed by atoms with van der Waals surface area (Å²) >= 11 is 0. The highest BCUT2D eigenvalue weighted by molar-refractivity contribution is 5.96. The molecule has 6 heteroatoms. The zero-order valence-electron chi connectivity index (χ0n) is 13.0. The molecule has 1 aliphatic heterocycles. The molecule has 0 atom stereocenters. The number of ether oxygens (including phenoxy) is 1. The third-order valence-corrected chi connectivity index (χ3v) is 4.13. The van der Waals surface area contributed by atoms with Crippen molar-refractivity contribution in [3.05, 3.63) is 41.7 Å². The number of carbonyl (C=O) groups is 1. The largest absolute Gasteiger partial charge is 0.464 e. The van der Waals surface area contributed by atoms with Crippen LogP contribution in [0.15, 0.2) is 30.5 Å². The smallest absolute Gasteiger partial charge is 0.357 e. The highest BCUT2D eigenvalue weighted by Crippen LogP contribution is 2.32. The minimum atomic E-state index is -0.555. The van der Waals surface area contributed by atoms with Gasteiger partial charge in [-0.3, -0.25) is 0 Å². The number of nitrogens with zero attached hydrogens (tertiary/aromatic N) is 3. The lowest BCUT2D eigenvalue weighted by molar-refractivity contribution is 0.0593. The molecule has 2 heterocycles. The van der Waals surface area contributed by atoms with Crippen molar-refractivity contribution in [3.63, 3.8) is 0 Å². The second-order valence-corrected chi connectivity index (χ2v) is 5.46. The first-order chi connectivity index (χ1) is 11.2. The molecule has 2 aromatic rings. The minimum absolute atomic E-state index is 0.149. The van der Waals surface area contributed by atoms with Gasteiger partial charge in [-0.2, -0.15) is 5.26 Å². The van der Waals surface area contributed by atoms with Crippen LogP contribution in [0.4, 0.5) is 11.4 Å². The zero-order chi connectivity index (χ0) is 16.4. The summed E-state index contributed by atoms with van der Waals surface area (Å²) in [4.78, 5) is 14.4. The number of hydrogen-bond acceptors (Lipinski definition) is 5. The van der Waals surface area contributed by atoms with Crippen LogP contribution in [0.3, 0.4) is 0 Å². The maximum atomic E-state index is 12.1. The average Bonchev–Trinajstić information content (AvgIpc) is 3.22. The Bertz CT molecular complexity index is 782. The summed E-state index contributed by atoms with van der Waals surface area (Å²) in [7, 11) is 1.30. The predicted molar refractivity (Wildman–Crippen MR) is 87.7 cm³/mol. The first kappa shape index (κ1) is 15.0. The Hall–Kier alpha value is -2.94. The molecule has 0 saturated carbocycles. The molecule has 1 saturated heterocycles. The number of aromatic nitrogens is 1. The average molecular weight is 310 g/mol. The molecule has 1 aliphatic rings. The van der Waals surface area contributed by atoms with Crippen molar-refractivity contribution in [3.8, 4) is 11.8 Å². The summed E-state index contributed by atoms with van der Waals surface area (Å²) in [5.41, 5.74) is 8.42. The van der Waals surface area contributed by atoms with E-state index in [2.05, 4.69) is 4.90 Å². The van der Waals surface area contributed by atoms with Crippen molar-refractivity contribution < 1.29 is 9.53 Å². The lowest BCUT2D eigenvalue weighted by Gasteiger charge is -2.22. The molecule has 0 bridgehead atoms. The Morgan fingerprint density at radius 1 is 1.26 bits per heavy atom. The van der Waals surface area contributed by atoms with Crippen LogP contribution in [-0.4, -0.2) is 30.7 Å². The number of nitriles is 1. The van der Waals surface area contributed by atoms with Crippen LogP contribution in [0, 0.1) is 11.3 Å². The number of anilines is 2. The first-order valence-corrected chi connectivity index (χ1v) is 7.51. The van der Waals surface area contributed by atoms with Crippen LogP contribution in [0.25, 0.3) is 5.69 Å². The second-order valence-electron chi connectivity index (χ2n) is 5.46. The fraction of sp³-hybridized carbons (Fsp3) is 0.294. The number of esters is 1. The third kappa shape index (κ3) is 2.50. The van der Waals surface area contributed by atoms with Crippen LogP contribution < -0.4 is 10.6 Å². The van der Waals surface area contributed by atoms with Crippen molar-refractivity contribution in [2.45, 2.75) is 12.8 Å². The van der Waals surface area contributed by atoms with Crippen molar-refractivity contribution in [1.29, 1.82) is 5.26 Å². The second kappa shape index (κ2) is 6.05. The number of nitrogen functional groups attached to an aromatic ring is 1. The molecule has 1 aromatic heterocycles. The van der Waals surface area contributed by atoms with Gasteiger partial charge in [-0.15, -0.1) is 0 Å². The molecule has 0 spiro atoms. The van der Waals surface area contributed by atoms with Gasteiger partial charge in [0.15, 0.2) is 5.69 Å². The normalized spacial score (nSPS) is 13.8. The van der Waals surface area contributed by atoms with Gasteiger partial charge in [-0.1, -0.05) is 12.1 Å². The molecule has 1 aromatic carbocycles. The molecule has 0 aliphatic carbocycles. The highest BCUT2D eigenvalue weighted by atomic mass is 16.5. The number of para-hydroxylation sites is 2. The lowest BCUT2D eigenvalue weighted by Crippen LogP contribution is -2.20. The van der Waals surface area contributed by atoms with Crippen molar-refractivity contribution >= 4 is 17.3 Å². The molecular formula is C17H18N4O2. The monoisotopic (exact) mass is 310 g/mol. The van der Waals surface area contributed by atoms with E-state index in [1.165, 1.54) is 7.11 Å². The van der Waals surface area contributed by atoms with E-state index in [1.54, 1.807) is 10.8 Å². The van der Waals surface area contributed by atoms with Gasteiger partial charge >= 0.3 is 5.97 Å². The van der Waals surface area contributed by atoms with Crippen LogP contribution in [0.2, 0.25) is 0 Å². The van der Waals surface area contributed by atoms with Crippen molar-refractivity contribution in [2.75, 3.05) is 30.8 Å². The van der Waals surface area contributed by atoms with Gasteiger partial charge in [0, 0.05) is 19.3 Å². The van der Waals surface area contributed by atoms with E-state index in [9.17, 15) is 10.1 Å². The Morgan fingerprint density at radius 3 is 2.52 bits per heavy atom. The lowest BCUT2D eigenvalue weighted by atomic mass is 10.2. The van der Waals surface area contributed by atoms with E-state index in [-0.39, 0.29) is 16.9 Å². The van der Waals surface area contributed by atoms with E-state index < -0.39 is 5.97 Å². The number of benzene rings is 1. The topological polar surface area (TPSA) is 84.3 Å². The van der Waals surface area contributed by atoms with Crippen LogP contribution in [0.1, 0.15) is 28.9 Å². The van der Waals surface area contributed by atoms with Crippen molar-refractivity contribution in [1.82, 2.24) is 4.57 Å². The van der Waals surface area contributed by atoms with E-state index >= 15 is 0 Å². The molecule has 0 amide bonds. The maximum Gasteiger partial charge on any atom is 0.357 e. The Morgan fingerprint density at radius 2 is 1.91 bits per heavy atom. The Kier molecular flexibility index (Phi) is 3.94. The van der Waals surface area contributed by atoms with Gasteiger partial charge in [0.25, 0.3) is 0 Å². The van der Waals surface area contributed by atoms with E-state index in [4.69, 9.17) is 10.5 Å². The molecule has 0 radical (unpaired) electrons. The molecule has 118 valence electrons. The maximum absolute atomic E-state index is 12.1. The Balaban J connectivity index is 2.20. The standard InChI is InChI=1S/C17H18N4O2/c1-23-17(22)16-15(19)12(10-18)11-21(16)14-7-3-2-6-13(14)20-8-4-5-9-20/h2-3,6-7,11H,4-5,8-9,19H2,1H3. The molecular weight excluding hydrogens is 292 g/mol. The summed E-state index contributed by atoms with van der Waals surface area (Å²) in [6.45, 7) is 1.96. The molecule has 3 rings (SSSR count). The summed E-state index contributed by atoms with van der Waals surface area (Å²) in [6, 6.07) is 9.83. The SMILES string of the molecule is COC(=O)c1c(N)c(C#N)cn1-c1ccccc1N1CCCC1. The van der Waals surface area contributed by atoms with Gasteiger partial charge in [0.05, 0.1) is 29.7 Å². The Labute approximate surface area is 134 Å². The molecule has 6 nitrogen and oxygen atoms in total. The number of methoxy groups -OCH3 is 1. The zero-order valence-corrected chi connectivity index (χ0v) is 13.0. The van der Waals surface area contributed by atoms with Gasteiger partial charge in [0.1, 0.15) is 6.07 Å². The predicted octanol–water partition coefficient (Wildman–Crippen LogP) is 2.32. The molecule has 0 unspecified atom stereocenters. The number of rotatable bonds is 3. The fourth-order valence-corrected chi connectivity index (χ4v) is 3.00. The van der Waals surface area contributed by atoms with E-state index in [1.807, 2.05) is 30.3 Å². The minimum Gasteiger partial charge on any atom is -0.464 e. The summed E-state index contributed by atoms with van der Waals surface area (Å²) in [6.07, 6.45) is 3.89. The molecule has 1 fully saturated rings. The summed E-state index contributed by atoms with van der Waals surface area (Å²) < 4.78 is 6.50. The molecule has 23 heavy (non-hydrogen) atoms. The fourth-order valence-electron chi connectivity index (χ4n) is 3.00. The van der Waals surface area contributed by atoms with Crippen LogP contribution in [-0.2, 0) is 4.74 Å². The van der Waals surface area contributed by atoms with Crippen LogP contribution >= 0.6 is 0 Å².